The molecule has 1 aromatic carbocycles. The maximum Gasteiger partial charge on any atom is 0.237 e. The van der Waals surface area contributed by atoms with Crippen molar-refractivity contribution >= 4 is 17.5 Å². The molecule has 2 aliphatic rings. The molecular weight excluding hydrogens is 296 g/mol. The topological polar surface area (TPSA) is 32.3 Å². The molecule has 1 saturated heterocycles. The highest BCUT2D eigenvalue weighted by molar-refractivity contribution is 6.30. The predicted octanol–water partition coefficient (Wildman–Crippen LogP) is 3.78. The zero-order valence-corrected chi connectivity index (χ0v) is 13.8. The monoisotopic (exact) mass is 320 g/mol. The van der Waals surface area contributed by atoms with Gasteiger partial charge in [0.2, 0.25) is 5.91 Å². The van der Waals surface area contributed by atoms with Crippen LogP contribution in [0.5, 0.6) is 0 Å². The van der Waals surface area contributed by atoms with Crippen molar-refractivity contribution in [2.45, 2.75) is 44.6 Å². The van der Waals surface area contributed by atoms with Gasteiger partial charge in [0.15, 0.2) is 0 Å². The van der Waals surface area contributed by atoms with Gasteiger partial charge in [-0.2, -0.15) is 0 Å². The Hall–Kier alpha value is -1.06. The minimum absolute atomic E-state index is 0.204. The molecule has 2 fully saturated rings. The quantitative estimate of drug-likeness (QED) is 0.895. The van der Waals surface area contributed by atoms with E-state index in [9.17, 15) is 4.79 Å². The van der Waals surface area contributed by atoms with Crippen molar-refractivity contribution in [3.8, 4) is 0 Å². The number of nitrogens with zero attached hydrogens (tertiary/aromatic N) is 1. The second kappa shape index (κ2) is 7.47. The molecule has 0 bridgehead atoms. The van der Waals surface area contributed by atoms with Crippen molar-refractivity contribution in [2.75, 3.05) is 19.6 Å². The number of amides is 1. The van der Waals surface area contributed by atoms with Crippen molar-refractivity contribution in [1.82, 2.24) is 10.2 Å². The Balaban J connectivity index is 1.66. The Morgan fingerprint density at radius 1 is 1.14 bits per heavy atom. The molecule has 1 amide bonds. The number of benzene rings is 1. The molecule has 1 aliphatic carbocycles. The molecule has 0 spiro atoms. The second-order valence-electron chi connectivity index (χ2n) is 6.58. The standard InChI is InChI=1S/C18H25ClN2O/c19-16-9-7-15(8-10-16)17-4-2-1-3-11-21(17)18(22)13-20-12-14-5-6-14/h7-10,14,17,20H,1-6,11-13H2. The maximum absolute atomic E-state index is 12.6. The van der Waals surface area contributed by atoms with Crippen LogP contribution in [0.2, 0.25) is 5.02 Å². The SMILES string of the molecule is O=C(CNCC1CC1)N1CCCCCC1c1ccc(Cl)cc1. The molecule has 3 rings (SSSR count). The number of hydrogen-bond acceptors (Lipinski definition) is 2. The van der Waals surface area contributed by atoms with Crippen LogP contribution in [0.4, 0.5) is 0 Å². The van der Waals surface area contributed by atoms with Gasteiger partial charge >= 0.3 is 0 Å². The number of carbonyl (C=O) groups is 1. The zero-order valence-electron chi connectivity index (χ0n) is 13.1. The lowest BCUT2D eigenvalue weighted by Crippen LogP contribution is -2.41. The maximum atomic E-state index is 12.6. The van der Waals surface area contributed by atoms with Crippen molar-refractivity contribution in [2.24, 2.45) is 5.92 Å². The summed E-state index contributed by atoms with van der Waals surface area (Å²) in [4.78, 5) is 14.7. The van der Waals surface area contributed by atoms with E-state index in [-0.39, 0.29) is 11.9 Å². The van der Waals surface area contributed by atoms with E-state index in [1.54, 1.807) is 0 Å². The van der Waals surface area contributed by atoms with E-state index < -0.39 is 0 Å². The van der Waals surface area contributed by atoms with Gasteiger partial charge in [-0.05, 0) is 55.8 Å². The van der Waals surface area contributed by atoms with Gasteiger partial charge in [-0.15, -0.1) is 0 Å². The highest BCUT2D eigenvalue weighted by Gasteiger charge is 2.27. The lowest BCUT2D eigenvalue weighted by atomic mass is 10.0. The average molecular weight is 321 g/mol. The van der Waals surface area contributed by atoms with Gasteiger partial charge in [0.1, 0.15) is 0 Å². The van der Waals surface area contributed by atoms with Crippen molar-refractivity contribution < 1.29 is 4.79 Å². The van der Waals surface area contributed by atoms with Gasteiger partial charge in [0.05, 0.1) is 12.6 Å². The normalized spacial score (nSPS) is 22.4. The van der Waals surface area contributed by atoms with E-state index in [4.69, 9.17) is 11.6 Å². The van der Waals surface area contributed by atoms with E-state index in [0.717, 1.165) is 36.9 Å². The highest BCUT2D eigenvalue weighted by atomic mass is 35.5. The van der Waals surface area contributed by atoms with E-state index in [1.807, 2.05) is 12.1 Å². The van der Waals surface area contributed by atoms with Gasteiger partial charge < -0.3 is 10.2 Å². The Labute approximate surface area is 138 Å². The lowest BCUT2D eigenvalue weighted by Gasteiger charge is -2.30. The summed E-state index contributed by atoms with van der Waals surface area (Å²) in [5.41, 5.74) is 1.21. The summed E-state index contributed by atoms with van der Waals surface area (Å²) in [6.45, 7) is 2.34. The molecular formula is C18H25ClN2O. The van der Waals surface area contributed by atoms with Crippen molar-refractivity contribution in [3.63, 3.8) is 0 Å². The van der Waals surface area contributed by atoms with Crippen LogP contribution in [-0.4, -0.2) is 30.4 Å². The largest absolute Gasteiger partial charge is 0.335 e. The van der Waals surface area contributed by atoms with Crippen LogP contribution in [-0.2, 0) is 4.79 Å². The first-order valence-electron chi connectivity index (χ1n) is 8.49. The molecule has 4 heteroatoms. The number of rotatable bonds is 5. The minimum atomic E-state index is 0.204. The van der Waals surface area contributed by atoms with Crippen LogP contribution in [0, 0.1) is 5.92 Å². The number of halogens is 1. The van der Waals surface area contributed by atoms with Gasteiger partial charge in [-0.25, -0.2) is 0 Å². The molecule has 0 aromatic heterocycles. The summed E-state index contributed by atoms with van der Waals surface area (Å²) in [6.07, 6.45) is 7.20. The van der Waals surface area contributed by atoms with E-state index in [0.29, 0.717) is 6.54 Å². The average Bonchev–Trinajstić information content (AvgIpc) is 3.34. The molecule has 1 heterocycles. The summed E-state index contributed by atoms with van der Waals surface area (Å²) < 4.78 is 0. The van der Waals surface area contributed by atoms with Gasteiger partial charge in [-0.3, -0.25) is 4.79 Å². The molecule has 1 aromatic rings. The number of hydrogen-bond donors (Lipinski definition) is 1. The first-order valence-corrected chi connectivity index (χ1v) is 8.87. The van der Waals surface area contributed by atoms with Crippen LogP contribution < -0.4 is 5.32 Å². The Bertz CT molecular complexity index is 498. The third kappa shape index (κ3) is 4.23. The lowest BCUT2D eigenvalue weighted by molar-refractivity contribution is -0.132. The van der Waals surface area contributed by atoms with Gasteiger partial charge in [0.25, 0.3) is 0 Å². The molecule has 1 N–H and O–H groups in total. The van der Waals surface area contributed by atoms with E-state index in [1.165, 1.54) is 31.2 Å². The second-order valence-corrected chi connectivity index (χ2v) is 7.01. The molecule has 1 saturated carbocycles. The fraction of sp³-hybridized carbons (Fsp3) is 0.611. The van der Waals surface area contributed by atoms with E-state index >= 15 is 0 Å². The molecule has 1 unspecified atom stereocenters. The fourth-order valence-corrected chi connectivity index (χ4v) is 3.37. The summed E-state index contributed by atoms with van der Waals surface area (Å²) in [7, 11) is 0. The van der Waals surface area contributed by atoms with Crippen molar-refractivity contribution in [3.05, 3.63) is 34.9 Å². The van der Waals surface area contributed by atoms with Gasteiger partial charge in [-0.1, -0.05) is 36.6 Å². The number of nitrogens with one attached hydrogen (secondary N) is 1. The zero-order chi connectivity index (χ0) is 15.4. The van der Waals surface area contributed by atoms with Crippen molar-refractivity contribution in [1.29, 1.82) is 0 Å². The first-order chi connectivity index (χ1) is 10.7. The summed E-state index contributed by atoms with van der Waals surface area (Å²) in [6, 6.07) is 8.19. The van der Waals surface area contributed by atoms with Gasteiger partial charge in [0, 0.05) is 11.6 Å². The fourth-order valence-electron chi connectivity index (χ4n) is 3.25. The molecule has 1 atom stereocenters. The van der Waals surface area contributed by atoms with Crippen LogP contribution in [0.15, 0.2) is 24.3 Å². The first kappa shape index (κ1) is 15.8. The summed E-state index contributed by atoms with van der Waals surface area (Å²) in [5.74, 6) is 1.05. The smallest absolute Gasteiger partial charge is 0.237 e. The Morgan fingerprint density at radius 2 is 1.91 bits per heavy atom. The molecule has 22 heavy (non-hydrogen) atoms. The minimum Gasteiger partial charge on any atom is -0.335 e. The summed E-state index contributed by atoms with van der Waals surface area (Å²) >= 11 is 6.00. The third-order valence-corrected chi connectivity index (χ3v) is 4.99. The molecule has 120 valence electrons. The van der Waals surface area contributed by atoms with Crippen LogP contribution >= 0.6 is 11.6 Å². The number of likely N-dealkylation sites (tertiary alicyclic amines) is 1. The number of carbonyl (C=O) groups excluding carboxylic acids is 1. The molecule has 1 aliphatic heterocycles. The highest BCUT2D eigenvalue weighted by Crippen LogP contribution is 2.31. The molecule has 3 nitrogen and oxygen atoms in total. The predicted molar refractivity (Wildman–Crippen MR) is 90.0 cm³/mol. The van der Waals surface area contributed by atoms with E-state index in [2.05, 4.69) is 22.3 Å². The summed E-state index contributed by atoms with van der Waals surface area (Å²) in [5, 5.41) is 4.08. The Morgan fingerprint density at radius 3 is 2.64 bits per heavy atom. The Kier molecular flexibility index (Phi) is 5.37. The molecule has 0 radical (unpaired) electrons. The third-order valence-electron chi connectivity index (χ3n) is 4.73. The van der Waals surface area contributed by atoms with Crippen LogP contribution in [0.25, 0.3) is 0 Å². The van der Waals surface area contributed by atoms with Crippen LogP contribution in [0.1, 0.15) is 50.1 Å². The van der Waals surface area contributed by atoms with Crippen LogP contribution in [0.3, 0.4) is 0 Å².